The minimum absolute atomic E-state index is 0.269. The molecule has 0 saturated carbocycles. The number of benzene rings is 1. The van der Waals surface area contributed by atoms with Gasteiger partial charge >= 0.3 is 5.97 Å². The normalized spacial score (nSPS) is 13.7. The Morgan fingerprint density at radius 1 is 1.16 bits per heavy atom. The Kier molecular flexibility index (Phi) is 5.53. The minimum atomic E-state index is -0.408. The van der Waals surface area contributed by atoms with E-state index in [4.69, 9.17) is 4.74 Å². The summed E-state index contributed by atoms with van der Waals surface area (Å²) in [5, 5.41) is 2.80. The van der Waals surface area contributed by atoms with Crippen molar-refractivity contribution in [3.63, 3.8) is 0 Å². The highest BCUT2D eigenvalue weighted by Crippen LogP contribution is 2.29. The number of hydrogen-bond acceptors (Lipinski definition) is 4. The van der Waals surface area contributed by atoms with Crippen LogP contribution in [0.4, 0.5) is 5.69 Å². The first-order valence-corrected chi connectivity index (χ1v) is 9.51. The Hall–Kier alpha value is -2.14. The van der Waals surface area contributed by atoms with Gasteiger partial charge in [0.05, 0.1) is 0 Å². The molecule has 4 nitrogen and oxygen atoms in total. The molecule has 0 aliphatic heterocycles. The SMILES string of the molecule is Cc1cccc(NC(=O)COC(=O)c2cc3c(s2)CCCCC3)c1C. The predicted molar refractivity (Wildman–Crippen MR) is 100 cm³/mol. The van der Waals surface area contributed by atoms with E-state index in [1.165, 1.54) is 41.0 Å². The number of aryl methyl sites for hydroxylation is 3. The molecular formula is C20H23NO3S. The number of fused-ring (bicyclic) bond motifs is 1. The smallest absolute Gasteiger partial charge is 0.348 e. The fourth-order valence-corrected chi connectivity index (χ4v) is 4.19. The molecule has 25 heavy (non-hydrogen) atoms. The molecule has 1 heterocycles. The van der Waals surface area contributed by atoms with E-state index in [-0.39, 0.29) is 12.5 Å². The molecule has 0 atom stereocenters. The quantitative estimate of drug-likeness (QED) is 0.650. The maximum Gasteiger partial charge on any atom is 0.348 e. The van der Waals surface area contributed by atoms with Crippen LogP contribution in [0.1, 0.15) is 50.5 Å². The van der Waals surface area contributed by atoms with Gasteiger partial charge < -0.3 is 10.1 Å². The molecule has 0 spiro atoms. The number of hydrogen-bond donors (Lipinski definition) is 1. The van der Waals surface area contributed by atoms with Crippen molar-refractivity contribution >= 4 is 28.9 Å². The summed E-state index contributed by atoms with van der Waals surface area (Å²) in [5.41, 5.74) is 4.15. The molecule has 132 valence electrons. The highest BCUT2D eigenvalue weighted by molar-refractivity contribution is 7.14. The second kappa shape index (κ2) is 7.83. The number of amides is 1. The molecule has 1 amide bonds. The Morgan fingerprint density at radius 3 is 2.80 bits per heavy atom. The van der Waals surface area contributed by atoms with Crippen LogP contribution in [0.5, 0.6) is 0 Å². The number of esters is 1. The molecule has 2 aromatic rings. The largest absolute Gasteiger partial charge is 0.451 e. The van der Waals surface area contributed by atoms with Gasteiger partial charge in [-0.05, 0) is 68.4 Å². The highest BCUT2D eigenvalue weighted by Gasteiger charge is 2.18. The zero-order valence-electron chi connectivity index (χ0n) is 14.7. The average Bonchev–Trinajstić information content (AvgIpc) is 2.88. The van der Waals surface area contributed by atoms with Gasteiger partial charge in [-0.25, -0.2) is 4.79 Å². The van der Waals surface area contributed by atoms with E-state index < -0.39 is 5.97 Å². The summed E-state index contributed by atoms with van der Waals surface area (Å²) in [4.78, 5) is 26.2. The lowest BCUT2D eigenvalue weighted by Crippen LogP contribution is -2.21. The lowest BCUT2D eigenvalue weighted by Gasteiger charge is -2.10. The van der Waals surface area contributed by atoms with E-state index in [9.17, 15) is 9.59 Å². The number of anilines is 1. The molecular weight excluding hydrogens is 334 g/mol. The van der Waals surface area contributed by atoms with Crippen LogP contribution < -0.4 is 5.32 Å². The van der Waals surface area contributed by atoms with Crippen LogP contribution in [-0.4, -0.2) is 18.5 Å². The summed E-state index contributed by atoms with van der Waals surface area (Å²) >= 11 is 1.51. The van der Waals surface area contributed by atoms with Crippen LogP contribution >= 0.6 is 11.3 Å². The van der Waals surface area contributed by atoms with Crippen LogP contribution in [0.3, 0.4) is 0 Å². The Labute approximate surface area is 152 Å². The van der Waals surface area contributed by atoms with Gasteiger partial charge in [-0.2, -0.15) is 0 Å². The third-order valence-corrected chi connectivity index (χ3v) is 5.88. The standard InChI is InChI=1S/C20H23NO3S/c1-13-7-6-9-16(14(13)2)21-19(22)12-24-20(23)18-11-15-8-4-3-5-10-17(15)25-18/h6-7,9,11H,3-5,8,10,12H2,1-2H3,(H,21,22). The monoisotopic (exact) mass is 357 g/mol. The van der Waals surface area contributed by atoms with Crippen LogP contribution in [0.15, 0.2) is 24.3 Å². The van der Waals surface area contributed by atoms with Gasteiger partial charge in [0.25, 0.3) is 5.91 Å². The third kappa shape index (κ3) is 4.28. The summed E-state index contributed by atoms with van der Waals surface area (Å²) in [7, 11) is 0. The first kappa shape index (κ1) is 17.7. The van der Waals surface area contributed by atoms with Crippen molar-refractivity contribution in [3.05, 3.63) is 50.7 Å². The van der Waals surface area contributed by atoms with Crippen LogP contribution in [0.25, 0.3) is 0 Å². The number of ether oxygens (including phenoxy) is 1. The molecule has 1 N–H and O–H groups in total. The van der Waals surface area contributed by atoms with Crippen molar-refractivity contribution in [2.45, 2.75) is 46.0 Å². The summed E-state index contributed by atoms with van der Waals surface area (Å²) < 4.78 is 5.20. The number of thiophene rings is 1. The van der Waals surface area contributed by atoms with E-state index in [1.54, 1.807) is 0 Å². The van der Waals surface area contributed by atoms with Crippen LogP contribution in [0, 0.1) is 13.8 Å². The molecule has 1 aromatic carbocycles. The van der Waals surface area contributed by atoms with E-state index in [0.29, 0.717) is 4.88 Å². The van der Waals surface area contributed by atoms with Crippen molar-refractivity contribution in [1.29, 1.82) is 0 Å². The second-order valence-corrected chi connectivity index (χ2v) is 7.63. The van der Waals surface area contributed by atoms with Crippen molar-refractivity contribution in [1.82, 2.24) is 0 Å². The Morgan fingerprint density at radius 2 is 1.96 bits per heavy atom. The zero-order chi connectivity index (χ0) is 17.8. The predicted octanol–water partition coefficient (Wildman–Crippen LogP) is 4.43. The molecule has 0 unspecified atom stereocenters. The zero-order valence-corrected chi connectivity index (χ0v) is 15.5. The minimum Gasteiger partial charge on any atom is -0.451 e. The highest BCUT2D eigenvalue weighted by atomic mass is 32.1. The lowest BCUT2D eigenvalue weighted by atomic mass is 10.1. The molecule has 1 aliphatic carbocycles. The van der Waals surface area contributed by atoms with Gasteiger partial charge in [0.15, 0.2) is 6.61 Å². The Balaban J connectivity index is 1.57. The summed E-state index contributed by atoms with van der Waals surface area (Å²) in [5.74, 6) is -0.727. The maximum absolute atomic E-state index is 12.2. The number of rotatable bonds is 4. The lowest BCUT2D eigenvalue weighted by molar-refractivity contribution is -0.119. The van der Waals surface area contributed by atoms with Gasteiger partial charge in [0, 0.05) is 10.6 Å². The van der Waals surface area contributed by atoms with E-state index in [1.807, 2.05) is 38.1 Å². The summed E-state index contributed by atoms with van der Waals surface area (Å²) in [6.07, 6.45) is 5.68. The van der Waals surface area contributed by atoms with E-state index in [2.05, 4.69) is 5.32 Å². The molecule has 5 heteroatoms. The van der Waals surface area contributed by atoms with Crippen molar-refractivity contribution < 1.29 is 14.3 Å². The summed E-state index contributed by atoms with van der Waals surface area (Å²) in [6.45, 7) is 3.68. The maximum atomic E-state index is 12.2. The molecule has 1 aliphatic rings. The number of carbonyl (C=O) groups is 2. The number of carbonyl (C=O) groups excluding carboxylic acids is 2. The molecule has 0 radical (unpaired) electrons. The van der Waals surface area contributed by atoms with Crippen molar-refractivity contribution in [2.24, 2.45) is 0 Å². The third-order valence-electron chi connectivity index (χ3n) is 4.66. The van der Waals surface area contributed by atoms with E-state index in [0.717, 1.165) is 29.7 Å². The topological polar surface area (TPSA) is 55.4 Å². The fourth-order valence-electron chi connectivity index (χ4n) is 3.04. The van der Waals surface area contributed by atoms with Gasteiger partial charge in [-0.3, -0.25) is 4.79 Å². The first-order valence-electron chi connectivity index (χ1n) is 8.69. The summed E-state index contributed by atoms with van der Waals surface area (Å²) in [6, 6.07) is 7.67. The van der Waals surface area contributed by atoms with Crippen LogP contribution in [-0.2, 0) is 22.4 Å². The second-order valence-electron chi connectivity index (χ2n) is 6.49. The average molecular weight is 357 g/mol. The molecule has 0 fully saturated rings. The van der Waals surface area contributed by atoms with Gasteiger partial charge in [0.1, 0.15) is 4.88 Å². The van der Waals surface area contributed by atoms with Crippen molar-refractivity contribution in [3.8, 4) is 0 Å². The molecule has 0 saturated heterocycles. The Bertz CT molecular complexity index is 771. The fraction of sp³-hybridized carbons (Fsp3) is 0.400. The molecule has 1 aromatic heterocycles. The van der Waals surface area contributed by atoms with Gasteiger partial charge in [0.2, 0.25) is 0 Å². The van der Waals surface area contributed by atoms with Gasteiger partial charge in [-0.1, -0.05) is 18.6 Å². The van der Waals surface area contributed by atoms with Crippen molar-refractivity contribution in [2.75, 3.05) is 11.9 Å². The molecule has 3 rings (SSSR count). The van der Waals surface area contributed by atoms with Crippen LogP contribution in [0.2, 0.25) is 0 Å². The van der Waals surface area contributed by atoms with Gasteiger partial charge in [-0.15, -0.1) is 11.3 Å². The van der Waals surface area contributed by atoms with E-state index >= 15 is 0 Å². The number of nitrogens with one attached hydrogen (secondary N) is 1. The first-order chi connectivity index (χ1) is 12.0. The molecule has 0 bridgehead atoms.